The van der Waals surface area contributed by atoms with Gasteiger partial charge in [-0.15, -0.1) is 0 Å². The summed E-state index contributed by atoms with van der Waals surface area (Å²) < 4.78 is 10.5. The lowest BCUT2D eigenvalue weighted by atomic mass is 10.2. The monoisotopic (exact) mass is 300 g/mol. The fraction of sp³-hybridized carbons (Fsp3) is 0.235. The van der Waals surface area contributed by atoms with Gasteiger partial charge in [-0.05, 0) is 24.3 Å². The Labute approximate surface area is 130 Å². The van der Waals surface area contributed by atoms with Crippen molar-refractivity contribution in [1.29, 1.82) is 0 Å². The summed E-state index contributed by atoms with van der Waals surface area (Å²) in [6.45, 7) is 0.162. The van der Waals surface area contributed by atoms with Crippen LogP contribution in [0, 0.1) is 0 Å². The smallest absolute Gasteiger partial charge is 0.246 e. The molecule has 116 valence electrons. The highest BCUT2D eigenvalue weighted by Gasteiger charge is 2.12. The van der Waals surface area contributed by atoms with E-state index in [2.05, 4.69) is 5.32 Å². The van der Waals surface area contributed by atoms with Gasteiger partial charge in [-0.25, -0.2) is 0 Å². The van der Waals surface area contributed by atoms with E-state index in [0.29, 0.717) is 11.5 Å². The largest absolute Gasteiger partial charge is 0.497 e. The van der Waals surface area contributed by atoms with E-state index in [9.17, 15) is 4.79 Å². The summed E-state index contributed by atoms with van der Waals surface area (Å²) in [6, 6.07) is 14.9. The van der Waals surface area contributed by atoms with Gasteiger partial charge in [0.2, 0.25) is 5.91 Å². The molecule has 0 atom stereocenters. The number of methoxy groups -OCH3 is 2. The fourth-order valence-corrected chi connectivity index (χ4v) is 2.04. The van der Waals surface area contributed by atoms with E-state index in [-0.39, 0.29) is 12.5 Å². The van der Waals surface area contributed by atoms with Crippen LogP contribution in [0.3, 0.4) is 0 Å². The summed E-state index contributed by atoms with van der Waals surface area (Å²) >= 11 is 0. The van der Waals surface area contributed by atoms with Crippen molar-refractivity contribution in [2.75, 3.05) is 38.0 Å². The van der Waals surface area contributed by atoms with Crippen molar-refractivity contribution in [1.82, 2.24) is 0 Å². The number of amides is 1. The van der Waals surface area contributed by atoms with Crippen LogP contribution >= 0.6 is 0 Å². The molecule has 0 aliphatic rings. The predicted octanol–water partition coefficient (Wildman–Crippen LogP) is 2.78. The molecule has 1 amide bonds. The molecule has 0 aliphatic heterocycles. The van der Waals surface area contributed by atoms with Crippen LogP contribution in [0.5, 0.6) is 11.5 Å². The van der Waals surface area contributed by atoms with Crippen molar-refractivity contribution in [2.24, 2.45) is 0 Å². The highest BCUT2D eigenvalue weighted by Crippen LogP contribution is 2.28. The van der Waals surface area contributed by atoms with Gasteiger partial charge in [-0.2, -0.15) is 0 Å². The number of ether oxygens (including phenoxy) is 2. The molecule has 0 unspecified atom stereocenters. The number of rotatable bonds is 6. The van der Waals surface area contributed by atoms with E-state index < -0.39 is 0 Å². The van der Waals surface area contributed by atoms with Crippen molar-refractivity contribution in [3.63, 3.8) is 0 Å². The van der Waals surface area contributed by atoms with Crippen LogP contribution in [-0.2, 0) is 4.79 Å². The molecule has 0 fully saturated rings. The molecule has 0 spiro atoms. The van der Waals surface area contributed by atoms with Crippen LogP contribution in [0.4, 0.5) is 11.4 Å². The minimum atomic E-state index is -0.0453. The maximum atomic E-state index is 12.3. The van der Waals surface area contributed by atoms with Gasteiger partial charge in [0.25, 0.3) is 0 Å². The van der Waals surface area contributed by atoms with Gasteiger partial charge >= 0.3 is 0 Å². The maximum Gasteiger partial charge on any atom is 0.246 e. The Kier molecular flexibility index (Phi) is 5.25. The third-order valence-corrected chi connectivity index (χ3v) is 3.35. The maximum absolute atomic E-state index is 12.3. The minimum Gasteiger partial charge on any atom is -0.497 e. The molecule has 22 heavy (non-hydrogen) atoms. The van der Waals surface area contributed by atoms with Crippen LogP contribution in [0.15, 0.2) is 48.5 Å². The first-order chi connectivity index (χ1) is 10.7. The van der Waals surface area contributed by atoms with Gasteiger partial charge in [0.05, 0.1) is 26.5 Å². The number of anilines is 2. The van der Waals surface area contributed by atoms with Gasteiger partial charge in [-0.3, -0.25) is 4.79 Å². The Morgan fingerprint density at radius 1 is 1.09 bits per heavy atom. The SMILES string of the molecule is COc1ccc(OC)c(NCC(=O)N(C)c2ccccc2)c1. The van der Waals surface area contributed by atoms with E-state index in [1.54, 1.807) is 38.3 Å². The van der Waals surface area contributed by atoms with E-state index in [1.165, 1.54) is 0 Å². The molecule has 0 bridgehead atoms. The number of benzene rings is 2. The molecule has 0 saturated carbocycles. The third-order valence-electron chi connectivity index (χ3n) is 3.35. The van der Waals surface area contributed by atoms with Crippen LogP contribution in [0.1, 0.15) is 0 Å². The van der Waals surface area contributed by atoms with Crippen LogP contribution in [0.2, 0.25) is 0 Å². The zero-order valence-corrected chi connectivity index (χ0v) is 13.0. The Hall–Kier alpha value is -2.69. The van der Waals surface area contributed by atoms with Crippen molar-refractivity contribution in [2.45, 2.75) is 0 Å². The van der Waals surface area contributed by atoms with E-state index in [4.69, 9.17) is 9.47 Å². The second kappa shape index (κ2) is 7.36. The molecular formula is C17H20N2O3. The van der Waals surface area contributed by atoms with Crippen molar-refractivity contribution in [3.05, 3.63) is 48.5 Å². The zero-order chi connectivity index (χ0) is 15.9. The van der Waals surface area contributed by atoms with Crippen LogP contribution < -0.4 is 19.7 Å². The molecule has 2 aromatic carbocycles. The first-order valence-electron chi connectivity index (χ1n) is 6.93. The quantitative estimate of drug-likeness (QED) is 0.891. The zero-order valence-electron chi connectivity index (χ0n) is 13.0. The van der Waals surface area contributed by atoms with Gasteiger partial charge in [0.15, 0.2) is 0 Å². The summed E-state index contributed by atoms with van der Waals surface area (Å²) in [6.07, 6.45) is 0. The Bertz CT molecular complexity index is 629. The lowest BCUT2D eigenvalue weighted by Crippen LogP contribution is -2.32. The third kappa shape index (κ3) is 3.69. The molecule has 1 N–H and O–H groups in total. The molecule has 0 heterocycles. The number of likely N-dealkylation sites (N-methyl/N-ethyl adjacent to an activating group) is 1. The Balaban J connectivity index is 2.04. The molecule has 2 rings (SSSR count). The van der Waals surface area contributed by atoms with E-state index in [0.717, 1.165) is 11.4 Å². The summed E-state index contributed by atoms with van der Waals surface area (Å²) in [4.78, 5) is 13.9. The minimum absolute atomic E-state index is 0.0453. The second-order valence-corrected chi connectivity index (χ2v) is 4.71. The molecule has 0 aliphatic carbocycles. The Morgan fingerprint density at radius 3 is 2.45 bits per heavy atom. The first-order valence-corrected chi connectivity index (χ1v) is 6.93. The van der Waals surface area contributed by atoms with E-state index in [1.807, 2.05) is 36.4 Å². The van der Waals surface area contributed by atoms with Crippen molar-refractivity contribution >= 4 is 17.3 Å². The van der Waals surface area contributed by atoms with Gasteiger partial charge in [0.1, 0.15) is 11.5 Å². The average Bonchev–Trinajstić information content (AvgIpc) is 2.59. The lowest BCUT2D eigenvalue weighted by Gasteiger charge is -2.18. The predicted molar refractivity (Wildman–Crippen MR) is 87.9 cm³/mol. The van der Waals surface area contributed by atoms with Crippen LogP contribution in [-0.4, -0.2) is 33.7 Å². The highest BCUT2D eigenvalue weighted by molar-refractivity contribution is 5.95. The molecule has 0 aromatic heterocycles. The summed E-state index contributed by atoms with van der Waals surface area (Å²) in [5.74, 6) is 1.32. The lowest BCUT2D eigenvalue weighted by molar-refractivity contribution is -0.116. The summed E-state index contributed by atoms with van der Waals surface area (Å²) in [5.41, 5.74) is 1.57. The Morgan fingerprint density at radius 2 is 1.82 bits per heavy atom. The number of nitrogens with zero attached hydrogens (tertiary/aromatic N) is 1. The van der Waals surface area contributed by atoms with Crippen molar-refractivity contribution < 1.29 is 14.3 Å². The number of carbonyl (C=O) groups excluding carboxylic acids is 1. The van der Waals surface area contributed by atoms with Crippen LogP contribution in [0.25, 0.3) is 0 Å². The molecule has 0 radical (unpaired) electrons. The second-order valence-electron chi connectivity index (χ2n) is 4.71. The fourth-order valence-electron chi connectivity index (χ4n) is 2.04. The number of carbonyl (C=O) groups is 1. The van der Waals surface area contributed by atoms with Crippen molar-refractivity contribution in [3.8, 4) is 11.5 Å². The topological polar surface area (TPSA) is 50.8 Å². The summed E-state index contributed by atoms with van der Waals surface area (Å²) in [5, 5.41) is 3.09. The van der Waals surface area contributed by atoms with Gasteiger partial charge in [0, 0.05) is 18.8 Å². The highest BCUT2D eigenvalue weighted by atomic mass is 16.5. The number of nitrogens with one attached hydrogen (secondary N) is 1. The molecule has 5 heteroatoms. The molecular weight excluding hydrogens is 280 g/mol. The number of para-hydroxylation sites is 1. The first kappa shape index (κ1) is 15.7. The average molecular weight is 300 g/mol. The van der Waals surface area contributed by atoms with Gasteiger partial charge in [-0.1, -0.05) is 18.2 Å². The van der Waals surface area contributed by atoms with Gasteiger partial charge < -0.3 is 19.7 Å². The molecule has 0 saturated heterocycles. The number of hydrogen-bond donors (Lipinski definition) is 1. The normalized spacial score (nSPS) is 9.95. The number of hydrogen-bond acceptors (Lipinski definition) is 4. The van der Waals surface area contributed by atoms with E-state index >= 15 is 0 Å². The summed E-state index contributed by atoms with van der Waals surface area (Å²) in [7, 11) is 4.94. The molecule has 5 nitrogen and oxygen atoms in total. The standard InChI is InChI=1S/C17H20N2O3/c1-19(13-7-5-4-6-8-13)17(20)12-18-15-11-14(21-2)9-10-16(15)22-3/h4-11,18H,12H2,1-3H3. The molecule has 2 aromatic rings.